The maximum absolute atomic E-state index is 10.9. The summed E-state index contributed by atoms with van der Waals surface area (Å²) in [4.78, 5) is 20.9. The Hall–Kier alpha value is -2.19. The maximum Gasteiger partial charge on any atom is 0.297 e. The van der Waals surface area contributed by atoms with Crippen LogP contribution < -0.4 is 11.1 Å². The summed E-state index contributed by atoms with van der Waals surface area (Å²) in [7, 11) is 0. The standard InChI is InChI=1S/C12H17N3O5/c1-7(16)14-6-5-10(17)12(18)8-3-2-4-9(13)11(8)15(19)20/h2-4,10,12,17-18H,5-6,13H2,1H3,(H,14,16). The molecule has 1 rings (SSSR count). The molecule has 0 aromatic heterocycles. The van der Waals surface area contributed by atoms with Crippen molar-refractivity contribution in [3.05, 3.63) is 33.9 Å². The Labute approximate surface area is 115 Å². The summed E-state index contributed by atoms with van der Waals surface area (Å²) in [6, 6.07) is 4.14. The van der Waals surface area contributed by atoms with Crippen LogP contribution in [0.3, 0.4) is 0 Å². The van der Waals surface area contributed by atoms with E-state index >= 15 is 0 Å². The van der Waals surface area contributed by atoms with E-state index in [1.54, 1.807) is 0 Å². The van der Waals surface area contributed by atoms with Crippen molar-refractivity contribution in [2.24, 2.45) is 0 Å². The first-order valence-electron chi connectivity index (χ1n) is 5.98. The van der Waals surface area contributed by atoms with Gasteiger partial charge in [-0.1, -0.05) is 6.07 Å². The molecule has 8 nitrogen and oxygen atoms in total. The van der Waals surface area contributed by atoms with Gasteiger partial charge < -0.3 is 21.3 Å². The second kappa shape index (κ2) is 6.83. The van der Waals surface area contributed by atoms with E-state index in [-0.39, 0.29) is 30.1 Å². The number of rotatable bonds is 6. The summed E-state index contributed by atoms with van der Waals surface area (Å²) >= 11 is 0. The van der Waals surface area contributed by atoms with Gasteiger partial charge >= 0.3 is 0 Å². The SMILES string of the molecule is CC(=O)NCCC(O)C(O)c1cccc(N)c1[N+](=O)[O-]. The van der Waals surface area contributed by atoms with Gasteiger partial charge in [0, 0.05) is 13.5 Å². The van der Waals surface area contributed by atoms with E-state index < -0.39 is 22.8 Å². The van der Waals surface area contributed by atoms with Crippen LogP contribution in [0.1, 0.15) is 25.0 Å². The molecule has 2 atom stereocenters. The molecule has 0 saturated heterocycles. The van der Waals surface area contributed by atoms with Crippen molar-refractivity contribution in [2.75, 3.05) is 12.3 Å². The smallest absolute Gasteiger partial charge is 0.297 e. The summed E-state index contributed by atoms with van der Waals surface area (Å²) in [5, 5.41) is 33.2. The van der Waals surface area contributed by atoms with Gasteiger partial charge in [-0.15, -0.1) is 0 Å². The molecule has 0 heterocycles. The highest BCUT2D eigenvalue weighted by Crippen LogP contribution is 2.32. The third-order valence-electron chi connectivity index (χ3n) is 2.78. The van der Waals surface area contributed by atoms with Gasteiger partial charge in [-0.2, -0.15) is 0 Å². The van der Waals surface area contributed by atoms with Crippen molar-refractivity contribution in [1.29, 1.82) is 0 Å². The van der Waals surface area contributed by atoms with E-state index in [0.717, 1.165) is 0 Å². The van der Waals surface area contributed by atoms with Gasteiger partial charge in [0.2, 0.25) is 5.91 Å². The predicted octanol–water partition coefficient (Wildman–Crippen LogP) is 0.0975. The number of nitrogen functional groups attached to an aromatic ring is 1. The van der Waals surface area contributed by atoms with E-state index in [1.165, 1.54) is 25.1 Å². The number of carbonyl (C=O) groups is 1. The first-order valence-corrected chi connectivity index (χ1v) is 5.98. The summed E-state index contributed by atoms with van der Waals surface area (Å²) in [6.45, 7) is 1.48. The zero-order valence-corrected chi connectivity index (χ0v) is 10.9. The van der Waals surface area contributed by atoms with Crippen LogP contribution in [0.15, 0.2) is 18.2 Å². The first kappa shape index (κ1) is 15.9. The first-order chi connectivity index (χ1) is 9.34. The van der Waals surface area contributed by atoms with E-state index in [0.29, 0.717) is 0 Å². The Morgan fingerprint density at radius 3 is 2.70 bits per heavy atom. The molecule has 5 N–H and O–H groups in total. The highest BCUT2D eigenvalue weighted by atomic mass is 16.6. The Bertz CT molecular complexity index is 506. The number of nitro groups is 1. The second-order valence-electron chi connectivity index (χ2n) is 4.33. The average Bonchev–Trinajstić information content (AvgIpc) is 2.36. The Morgan fingerprint density at radius 2 is 2.15 bits per heavy atom. The Morgan fingerprint density at radius 1 is 1.50 bits per heavy atom. The molecule has 2 unspecified atom stereocenters. The van der Waals surface area contributed by atoms with Gasteiger partial charge in [0.1, 0.15) is 11.8 Å². The van der Waals surface area contributed by atoms with Crippen molar-refractivity contribution in [1.82, 2.24) is 5.32 Å². The highest BCUT2D eigenvalue weighted by molar-refractivity contribution is 5.72. The number of benzene rings is 1. The molecule has 0 bridgehead atoms. The van der Waals surface area contributed by atoms with Gasteiger partial charge in [0.25, 0.3) is 5.69 Å². The van der Waals surface area contributed by atoms with Gasteiger partial charge in [-0.3, -0.25) is 14.9 Å². The largest absolute Gasteiger partial charge is 0.393 e. The molecule has 110 valence electrons. The molecule has 0 spiro atoms. The summed E-state index contributed by atoms with van der Waals surface area (Å²) in [5.41, 5.74) is 4.96. The third kappa shape index (κ3) is 3.90. The fourth-order valence-electron chi connectivity index (χ4n) is 1.79. The second-order valence-corrected chi connectivity index (χ2v) is 4.33. The normalized spacial score (nSPS) is 13.6. The molecule has 0 aliphatic rings. The van der Waals surface area contributed by atoms with Crippen molar-refractivity contribution in [3.8, 4) is 0 Å². The number of nitrogens with zero attached hydrogens (tertiary/aromatic N) is 1. The number of amides is 1. The molecule has 8 heteroatoms. The molecule has 0 saturated carbocycles. The van der Waals surface area contributed by atoms with Gasteiger partial charge in [0.05, 0.1) is 16.6 Å². The maximum atomic E-state index is 10.9. The molecular formula is C12H17N3O5. The fourth-order valence-corrected chi connectivity index (χ4v) is 1.79. The minimum atomic E-state index is -1.45. The molecule has 20 heavy (non-hydrogen) atoms. The van der Waals surface area contributed by atoms with Gasteiger partial charge in [-0.05, 0) is 18.6 Å². The average molecular weight is 283 g/mol. The predicted molar refractivity (Wildman–Crippen MR) is 71.8 cm³/mol. The molecule has 1 amide bonds. The monoisotopic (exact) mass is 283 g/mol. The van der Waals surface area contributed by atoms with Crippen molar-refractivity contribution < 1.29 is 19.9 Å². The molecule has 1 aromatic rings. The fraction of sp³-hybridized carbons (Fsp3) is 0.417. The number of nitro benzene ring substituents is 1. The number of carbonyl (C=O) groups excluding carboxylic acids is 1. The summed E-state index contributed by atoms with van der Waals surface area (Å²) in [6.07, 6.45) is -2.64. The number of para-hydroxylation sites is 1. The minimum Gasteiger partial charge on any atom is -0.393 e. The van der Waals surface area contributed by atoms with Crippen LogP contribution in [0, 0.1) is 10.1 Å². The lowest BCUT2D eigenvalue weighted by molar-refractivity contribution is -0.385. The minimum absolute atomic E-state index is 0.0506. The molecule has 0 radical (unpaired) electrons. The number of nitrogens with one attached hydrogen (secondary N) is 1. The summed E-state index contributed by atoms with van der Waals surface area (Å²) in [5.74, 6) is -0.262. The van der Waals surface area contributed by atoms with Crippen LogP contribution in [-0.2, 0) is 4.79 Å². The van der Waals surface area contributed by atoms with Crippen LogP contribution in [0.2, 0.25) is 0 Å². The lowest BCUT2D eigenvalue weighted by Crippen LogP contribution is -2.28. The van der Waals surface area contributed by atoms with Gasteiger partial charge in [0.15, 0.2) is 0 Å². The number of hydrogen-bond acceptors (Lipinski definition) is 6. The van der Waals surface area contributed by atoms with E-state index in [9.17, 15) is 25.1 Å². The van der Waals surface area contributed by atoms with E-state index in [2.05, 4.69) is 5.32 Å². The van der Waals surface area contributed by atoms with Gasteiger partial charge in [-0.25, -0.2) is 0 Å². The van der Waals surface area contributed by atoms with Crippen LogP contribution >= 0.6 is 0 Å². The number of aliphatic hydroxyl groups excluding tert-OH is 2. The van der Waals surface area contributed by atoms with Crippen LogP contribution in [0.4, 0.5) is 11.4 Å². The highest BCUT2D eigenvalue weighted by Gasteiger charge is 2.27. The third-order valence-corrected chi connectivity index (χ3v) is 2.78. The number of aliphatic hydroxyl groups is 2. The Balaban J connectivity index is 2.86. The van der Waals surface area contributed by atoms with E-state index in [4.69, 9.17) is 5.73 Å². The van der Waals surface area contributed by atoms with Crippen molar-refractivity contribution >= 4 is 17.3 Å². The molecule has 1 aromatic carbocycles. The molecule has 0 aliphatic heterocycles. The van der Waals surface area contributed by atoms with E-state index in [1.807, 2.05) is 0 Å². The van der Waals surface area contributed by atoms with Crippen LogP contribution in [0.5, 0.6) is 0 Å². The van der Waals surface area contributed by atoms with Crippen molar-refractivity contribution in [3.63, 3.8) is 0 Å². The lowest BCUT2D eigenvalue weighted by Gasteiger charge is -2.18. The van der Waals surface area contributed by atoms with Crippen LogP contribution in [-0.4, -0.2) is 33.7 Å². The zero-order valence-electron chi connectivity index (χ0n) is 10.9. The topological polar surface area (TPSA) is 139 Å². The zero-order chi connectivity index (χ0) is 15.3. The Kier molecular flexibility index (Phi) is 5.42. The lowest BCUT2D eigenvalue weighted by atomic mass is 9.99. The molecule has 0 aliphatic carbocycles. The number of hydrogen-bond donors (Lipinski definition) is 4. The van der Waals surface area contributed by atoms with Crippen LogP contribution in [0.25, 0.3) is 0 Å². The molecular weight excluding hydrogens is 266 g/mol. The van der Waals surface area contributed by atoms with Crippen molar-refractivity contribution in [2.45, 2.75) is 25.6 Å². The summed E-state index contributed by atoms with van der Waals surface area (Å²) < 4.78 is 0. The quantitative estimate of drug-likeness (QED) is 0.331. The molecule has 0 fully saturated rings. The number of anilines is 1. The number of nitrogens with two attached hydrogens (primary N) is 1.